The Kier molecular flexibility index (Phi) is 6.67. The van der Waals surface area contributed by atoms with Crippen LogP contribution in [0.5, 0.6) is 0 Å². The molecule has 0 saturated heterocycles. The summed E-state index contributed by atoms with van der Waals surface area (Å²) >= 11 is 6.12. The zero-order valence-electron chi connectivity index (χ0n) is 22.2. The van der Waals surface area contributed by atoms with Crippen molar-refractivity contribution in [1.29, 1.82) is 0 Å². The van der Waals surface area contributed by atoms with Gasteiger partial charge >= 0.3 is 0 Å². The second-order valence-corrected chi connectivity index (χ2v) is 12.4. The molecule has 3 heterocycles. The Morgan fingerprint density at radius 1 is 1.00 bits per heavy atom. The van der Waals surface area contributed by atoms with E-state index in [0.717, 1.165) is 5.56 Å². The molecule has 0 unspecified atom stereocenters. The lowest BCUT2D eigenvalue weighted by molar-refractivity contribution is 0.103. The third kappa shape index (κ3) is 4.98. The Morgan fingerprint density at radius 2 is 1.68 bits per heavy atom. The molecule has 0 aliphatic heterocycles. The van der Waals surface area contributed by atoms with Gasteiger partial charge in [0.25, 0.3) is 10.0 Å². The zero-order chi connectivity index (χ0) is 27.4. The first kappa shape index (κ1) is 26.8. The van der Waals surface area contributed by atoms with Crippen molar-refractivity contribution in [3.05, 3.63) is 74.4 Å². The van der Waals surface area contributed by atoms with Crippen LogP contribution in [-0.4, -0.2) is 34.1 Å². The fraction of sp³-hybridized carbons (Fsp3) is 0.333. The molecule has 4 rings (SSSR count). The van der Waals surface area contributed by atoms with Crippen molar-refractivity contribution < 1.29 is 13.2 Å². The van der Waals surface area contributed by atoms with E-state index in [1.165, 1.54) is 18.2 Å². The van der Waals surface area contributed by atoms with E-state index in [2.05, 4.69) is 24.7 Å². The molecular weight excluding hydrogens is 510 g/mol. The smallest absolute Gasteiger partial charge is 0.261 e. The molecule has 0 saturated carbocycles. The van der Waals surface area contributed by atoms with Crippen LogP contribution in [0.4, 0.5) is 5.69 Å². The lowest BCUT2D eigenvalue weighted by Crippen LogP contribution is -2.23. The first-order valence-electron chi connectivity index (χ1n) is 11.8. The fourth-order valence-corrected chi connectivity index (χ4v) is 6.09. The zero-order valence-corrected chi connectivity index (χ0v) is 23.7. The highest BCUT2D eigenvalue weighted by Crippen LogP contribution is 2.36. The average Bonchev–Trinajstić information content (AvgIpc) is 3.15. The Labute approximate surface area is 222 Å². The minimum Gasteiger partial charge on any atom is -0.340 e. The van der Waals surface area contributed by atoms with Crippen LogP contribution in [0.3, 0.4) is 0 Å². The summed E-state index contributed by atoms with van der Waals surface area (Å²) in [5.41, 5.74) is 4.42. The highest BCUT2D eigenvalue weighted by atomic mass is 35.5. The topological polar surface area (TPSA) is 118 Å². The van der Waals surface area contributed by atoms with Crippen LogP contribution in [-0.2, 0) is 15.4 Å². The van der Waals surface area contributed by atoms with E-state index in [0.29, 0.717) is 50.1 Å². The number of anilines is 1. The molecule has 1 aromatic carbocycles. The average molecular weight is 540 g/mol. The Hall–Kier alpha value is -3.30. The lowest BCUT2D eigenvalue weighted by Gasteiger charge is -2.27. The molecule has 194 valence electrons. The van der Waals surface area contributed by atoms with Crippen molar-refractivity contribution in [3.63, 3.8) is 0 Å². The second-order valence-electron chi connectivity index (χ2n) is 10.3. The number of imidazole rings is 1. The number of hydrogen-bond acceptors (Lipinski definition) is 6. The van der Waals surface area contributed by atoms with Gasteiger partial charge in [0.1, 0.15) is 11.5 Å². The molecule has 0 aliphatic carbocycles. The van der Waals surface area contributed by atoms with Gasteiger partial charge in [-0.2, -0.15) is 0 Å². The van der Waals surface area contributed by atoms with Crippen LogP contribution >= 0.6 is 11.6 Å². The van der Waals surface area contributed by atoms with Crippen molar-refractivity contribution in [2.45, 2.75) is 65.7 Å². The van der Waals surface area contributed by atoms with Crippen molar-refractivity contribution in [3.8, 4) is 0 Å². The van der Waals surface area contributed by atoms with Crippen molar-refractivity contribution >= 4 is 44.3 Å². The van der Waals surface area contributed by atoms with Crippen molar-refractivity contribution in [1.82, 2.24) is 19.9 Å². The molecular formula is C27H30ClN5O3S. The summed E-state index contributed by atoms with van der Waals surface area (Å²) in [5.74, 6) is 0.181. The van der Waals surface area contributed by atoms with Gasteiger partial charge in [-0.1, -0.05) is 32.4 Å². The van der Waals surface area contributed by atoms with Gasteiger partial charge < -0.3 is 4.98 Å². The van der Waals surface area contributed by atoms with E-state index < -0.39 is 15.8 Å². The molecule has 10 heteroatoms. The van der Waals surface area contributed by atoms with E-state index in [4.69, 9.17) is 11.6 Å². The highest BCUT2D eigenvalue weighted by Gasteiger charge is 2.30. The second kappa shape index (κ2) is 9.22. The molecule has 8 nitrogen and oxygen atoms in total. The summed E-state index contributed by atoms with van der Waals surface area (Å²) in [7, 11) is -4.07. The minimum atomic E-state index is -4.07. The largest absolute Gasteiger partial charge is 0.340 e. The summed E-state index contributed by atoms with van der Waals surface area (Å²) in [5, 5.41) is 0.463. The molecule has 4 aromatic rings. The van der Waals surface area contributed by atoms with Gasteiger partial charge in [0.15, 0.2) is 5.65 Å². The van der Waals surface area contributed by atoms with E-state index in [9.17, 15) is 13.2 Å². The predicted molar refractivity (Wildman–Crippen MR) is 146 cm³/mol. The van der Waals surface area contributed by atoms with Gasteiger partial charge in [-0.15, -0.1) is 0 Å². The normalized spacial score (nSPS) is 12.2. The number of carbonyl (C=O) groups excluding carboxylic acids is 1. The number of aromatic nitrogens is 4. The van der Waals surface area contributed by atoms with Crippen molar-refractivity contribution in [2.24, 2.45) is 0 Å². The molecule has 3 aromatic heterocycles. The number of carbonyl (C=O) groups is 1. The fourth-order valence-electron chi connectivity index (χ4n) is 4.76. The number of aromatic amines is 1. The predicted octanol–water partition coefficient (Wildman–Crippen LogP) is 5.88. The van der Waals surface area contributed by atoms with E-state index in [1.54, 1.807) is 26.8 Å². The number of hydrogen-bond donors (Lipinski definition) is 2. The number of H-pyrrole nitrogens is 1. The van der Waals surface area contributed by atoms with E-state index >= 15 is 0 Å². The van der Waals surface area contributed by atoms with E-state index in [1.807, 2.05) is 34.6 Å². The molecule has 2 N–H and O–H groups in total. The molecule has 0 radical (unpaired) electrons. The number of halogens is 1. The highest BCUT2D eigenvalue weighted by molar-refractivity contribution is 7.92. The standard InChI is InChI=1S/C27H30ClN5O3S/c1-13-11-18(9-10-20(13)28)37(35,36)33-22-15(3)21(27(6,7)8)16(4)30-24(22)25(34)19-12-14(2)29-26-23(19)31-17(5)32-26/h9-12,33H,1-8H3,(H,29,31,32). The quantitative estimate of drug-likeness (QED) is 0.306. The van der Waals surface area contributed by atoms with Gasteiger partial charge in [0.2, 0.25) is 5.78 Å². The monoisotopic (exact) mass is 539 g/mol. The van der Waals surface area contributed by atoms with Gasteiger partial charge in [-0.25, -0.2) is 23.4 Å². The minimum absolute atomic E-state index is 0.0106. The number of nitrogens with one attached hydrogen (secondary N) is 2. The number of ketones is 1. The maximum absolute atomic E-state index is 14.0. The SMILES string of the molecule is Cc1cc(C(=O)c2nc(C)c(C(C)(C)C)c(C)c2NS(=O)(=O)c2ccc(Cl)c(C)c2)c2[nH]c(C)nc2n1. The molecule has 0 aliphatic rings. The molecule has 37 heavy (non-hydrogen) atoms. The number of fused-ring (bicyclic) bond motifs is 1. The van der Waals surface area contributed by atoms with E-state index in [-0.39, 0.29) is 21.7 Å². The van der Waals surface area contributed by atoms with Gasteiger partial charge in [-0.05, 0) is 81.0 Å². The van der Waals surface area contributed by atoms with Crippen LogP contribution in [0.1, 0.15) is 70.7 Å². The summed E-state index contributed by atoms with van der Waals surface area (Å²) < 4.78 is 29.7. The van der Waals surface area contributed by atoms with Crippen LogP contribution in [0.25, 0.3) is 11.2 Å². The maximum atomic E-state index is 14.0. The van der Waals surface area contributed by atoms with Gasteiger partial charge in [0, 0.05) is 16.4 Å². The molecule has 0 amide bonds. The van der Waals surface area contributed by atoms with Crippen LogP contribution in [0.2, 0.25) is 5.02 Å². The number of rotatable bonds is 5. The third-order valence-corrected chi connectivity index (χ3v) is 7.99. The molecule has 0 atom stereocenters. The van der Waals surface area contributed by atoms with Crippen LogP contribution in [0, 0.1) is 34.6 Å². The lowest BCUT2D eigenvalue weighted by atomic mass is 9.82. The maximum Gasteiger partial charge on any atom is 0.261 e. The molecule has 0 spiro atoms. The first-order chi connectivity index (χ1) is 17.1. The summed E-state index contributed by atoms with van der Waals surface area (Å²) in [6.45, 7) is 15.0. The Bertz CT molecular complexity index is 1680. The molecule has 0 fully saturated rings. The number of nitrogens with zero attached hydrogens (tertiary/aromatic N) is 3. The Morgan fingerprint density at radius 3 is 2.30 bits per heavy atom. The van der Waals surface area contributed by atoms with Crippen LogP contribution in [0.15, 0.2) is 29.2 Å². The summed E-state index contributed by atoms with van der Waals surface area (Å²) in [6, 6.07) is 6.13. The summed E-state index contributed by atoms with van der Waals surface area (Å²) in [4.78, 5) is 30.6. The number of sulfonamides is 1. The number of aryl methyl sites for hydroxylation is 4. The number of benzene rings is 1. The van der Waals surface area contributed by atoms with Crippen LogP contribution < -0.4 is 4.72 Å². The Balaban J connectivity index is 1.97. The molecule has 0 bridgehead atoms. The van der Waals surface area contributed by atoms with Gasteiger partial charge in [0.05, 0.1) is 21.7 Å². The summed E-state index contributed by atoms with van der Waals surface area (Å²) in [6.07, 6.45) is 0. The first-order valence-corrected chi connectivity index (χ1v) is 13.7. The van der Waals surface area contributed by atoms with Gasteiger partial charge in [-0.3, -0.25) is 9.52 Å². The number of pyridine rings is 2. The van der Waals surface area contributed by atoms with Crippen molar-refractivity contribution in [2.75, 3.05) is 4.72 Å². The third-order valence-electron chi connectivity index (χ3n) is 6.22.